The molecule has 24 heavy (non-hydrogen) atoms. The molecular formula is C18H22N4O2. The number of nitrogens with one attached hydrogen (secondary N) is 2. The molecule has 1 saturated carbocycles. The maximum atomic E-state index is 12.8. The molecule has 1 aromatic carbocycles. The van der Waals surface area contributed by atoms with Gasteiger partial charge in [-0.15, -0.1) is 0 Å². The minimum Gasteiger partial charge on any atom is -0.370 e. The van der Waals surface area contributed by atoms with Crippen LogP contribution in [-0.4, -0.2) is 34.2 Å². The molecule has 2 aromatic rings. The highest BCUT2D eigenvalue weighted by Crippen LogP contribution is 2.49. The van der Waals surface area contributed by atoms with E-state index in [4.69, 9.17) is 4.74 Å². The highest BCUT2D eigenvalue weighted by atomic mass is 16.5. The largest absolute Gasteiger partial charge is 0.370 e. The van der Waals surface area contributed by atoms with Crippen LogP contribution in [0.5, 0.6) is 0 Å². The quantitative estimate of drug-likeness (QED) is 0.881. The summed E-state index contributed by atoms with van der Waals surface area (Å²) in [6.45, 7) is 3.38. The van der Waals surface area contributed by atoms with Crippen LogP contribution in [0.25, 0.3) is 0 Å². The number of nitrogens with zero attached hydrogens (tertiary/aromatic N) is 2. The monoisotopic (exact) mass is 326 g/mol. The molecule has 126 valence electrons. The molecule has 0 spiro atoms. The third-order valence-corrected chi connectivity index (χ3v) is 5.29. The van der Waals surface area contributed by atoms with Crippen LogP contribution in [0.3, 0.4) is 0 Å². The summed E-state index contributed by atoms with van der Waals surface area (Å²) in [6, 6.07) is 8.19. The molecule has 0 bridgehead atoms. The van der Waals surface area contributed by atoms with E-state index in [1.54, 1.807) is 0 Å². The lowest BCUT2D eigenvalue weighted by atomic mass is 9.90. The second-order valence-corrected chi connectivity index (χ2v) is 6.82. The highest BCUT2D eigenvalue weighted by molar-refractivity contribution is 5.91. The summed E-state index contributed by atoms with van der Waals surface area (Å²) in [5.74, 6) is 1.11. The van der Waals surface area contributed by atoms with Crippen LogP contribution in [-0.2, 0) is 14.9 Å². The number of ether oxygens (including phenoxy) is 1. The molecular weight excluding hydrogens is 304 g/mol. The van der Waals surface area contributed by atoms with Gasteiger partial charge in [-0.25, -0.2) is 4.98 Å². The number of carbonyl (C=O) groups is 1. The number of carbonyl (C=O) groups excluding carboxylic acids is 1. The average molecular weight is 326 g/mol. The molecule has 2 atom stereocenters. The SMILES string of the molecule is Cc1ccccc1C1(C(=O)NC[C@@H]2CCO[C@@H]2c2ncn[nH]2)CC1. The number of H-pyrrole nitrogens is 1. The molecule has 2 aliphatic rings. The summed E-state index contributed by atoms with van der Waals surface area (Å²) in [4.78, 5) is 17.0. The van der Waals surface area contributed by atoms with Crippen LogP contribution < -0.4 is 5.32 Å². The number of hydrogen-bond donors (Lipinski definition) is 2. The lowest BCUT2D eigenvalue weighted by Crippen LogP contribution is -2.38. The summed E-state index contributed by atoms with van der Waals surface area (Å²) >= 11 is 0. The van der Waals surface area contributed by atoms with Crippen LogP contribution in [0, 0.1) is 12.8 Å². The first-order valence-corrected chi connectivity index (χ1v) is 8.52. The van der Waals surface area contributed by atoms with Crippen molar-refractivity contribution in [2.75, 3.05) is 13.2 Å². The molecule has 1 aromatic heterocycles. The predicted molar refractivity (Wildman–Crippen MR) is 88.3 cm³/mol. The lowest BCUT2D eigenvalue weighted by Gasteiger charge is -2.21. The molecule has 1 amide bonds. The van der Waals surface area contributed by atoms with Gasteiger partial charge in [-0.05, 0) is 37.3 Å². The molecule has 1 saturated heterocycles. The van der Waals surface area contributed by atoms with Crippen molar-refractivity contribution in [2.24, 2.45) is 5.92 Å². The fraction of sp³-hybridized carbons (Fsp3) is 0.500. The third kappa shape index (κ3) is 2.60. The standard InChI is InChI=1S/C18H22N4O2/c1-12-4-2-3-5-14(12)18(7-8-18)17(23)19-10-13-6-9-24-15(13)16-20-11-21-22-16/h2-5,11,13,15H,6-10H2,1H3,(H,19,23)(H,20,21,22)/t13-,15-/m0/s1. The Hall–Kier alpha value is -2.21. The Morgan fingerprint density at radius 1 is 1.42 bits per heavy atom. The average Bonchev–Trinajstić information content (AvgIpc) is 3.00. The number of aromatic amines is 1. The van der Waals surface area contributed by atoms with E-state index in [1.807, 2.05) is 12.1 Å². The van der Waals surface area contributed by atoms with E-state index in [-0.39, 0.29) is 23.3 Å². The van der Waals surface area contributed by atoms with Gasteiger partial charge in [0, 0.05) is 19.1 Å². The maximum absolute atomic E-state index is 12.8. The Bertz CT molecular complexity index is 724. The number of benzene rings is 1. The van der Waals surface area contributed by atoms with Crippen molar-refractivity contribution in [3.8, 4) is 0 Å². The van der Waals surface area contributed by atoms with Gasteiger partial charge >= 0.3 is 0 Å². The molecule has 1 aliphatic heterocycles. The van der Waals surface area contributed by atoms with Gasteiger partial charge in [0.05, 0.1) is 5.41 Å². The van der Waals surface area contributed by atoms with Gasteiger partial charge in [0.25, 0.3) is 0 Å². The van der Waals surface area contributed by atoms with E-state index in [2.05, 4.69) is 39.6 Å². The Morgan fingerprint density at radius 3 is 2.96 bits per heavy atom. The Balaban J connectivity index is 1.43. The molecule has 6 nitrogen and oxygen atoms in total. The van der Waals surface area contributed by atoms with E-state index in [0.29, 0.717) is 13.2 Å². The molecule has 6 heteroatoms. The van der Waals surface area contributed by atoms with Crippen molar-refractivity contribution >= 4 is 5.91 Å². The van der Waals surface area contributed by atoms with Gasteiger partial charge in [0.1, 0.15) is 12.4 Å². The first kappa shape index (κ1) is 15.3. The van der Waals surface area contributed by atoms with Gasteiger partial charge in [0.15, 0.2) is 5.82 Å². The molecule has 0 radical (unpaired) electrons. The zero-order valence-corrected chi connectivity index (χ0v) is 13.8. The van der Waals surface area contributed by atoms with E-state index < -0.39 is 0 Å². The fourth-order valence-electron chi connectivity index (χ4n) is 3.74. The summed E-state index contributed by atoms with van der Waals surface area (Å²) in [6.07, 6.45) is 4.15. The topological polar surface area (TPSA) is 79.9 Å². The van der Waals surface area contributed by atoms with Crippen molar-refractivity contribution in [3.63, 3.8) is 0 Å². The highest BCUT2D eigenvalue weighted by Gasteiger charge is 2.52. The van der Waals surface area contributed by atoms with E-state index in [0.717, 1.165) is 30.7 Å². The van der Waals surface area contributed by atoms with Crippen molar-refractivity contribution in [1.82, 2.24) is 20.5 Å². The van der Waals surface area contributed by atoms with E-state index in [1.165, 1.54) is 11.9 Å². The van der Waals surface area contributed by atoms with Crippen molar-refractivity contribution in [1.29, 1.82) is 0 Å². The summed E-state index contributed by atoms with van der Waals surface area (Å²) in [5, 5.41) is 9.93. The van der Waals surface area contributed by atoms with Crippen LogP contribution in [0.4, 0.5) is 0 Å². The minimum absolute atomic E-state index is 0.110. The zero-order valence-electron chi connectivity index (χ0n) is 13.8. The van der Waals surface area contributed by atoms with Gasteiger partial charge in [-0.3, -0.25) is 9.89 Å². The van der Waals surface area contributed by atoms with Gasteiger partial charge in [0.2, 0.25) is 5.91 Å². The molecule has 1 aliphatic carbocycles. The van der Waals surface area contributed by atoms with Crippen molar-refractivity contribution < 1.29 is 9.53 Å². The Morgan fingerprint density at radius 2 is 2.25 bits per heavy atom. The van der Waals surface area contributed by atoms with E-state index >= 15 is 0 Å². The first-order valence-electron chi connectivity index (χ1n) is 8.52. The normalized spacial score (nSPS) is 24.7. The lowest BCUT2D eigenvalue weighted by molar-refractivity contribution is -0.123. The smallest absolute Gasteiger partial charge is 0.230 e. The number of rotatable bonds is 5. The minimum atomic E-state index is -0.327. The predicted octanol–water partition coefficient (Wildman–Crippen LogP) is 2.04. The molecule has 0 unspecified atom stereocenters. The molecule has 2 fully saturated rings. The summed E-state index contributed by atoms with van der Waals surface area (Å²) in [7, 11) is 0. The van der Waals surface area contributed by atoms with Gasteiger partial charge in [-0.1, -0.05) is 24.3 Å². The maximum Gasteiger partial charge on any atom is 0.230 e. The van der Waals surface area contributed by atoms with Gasteiger partial charge in [-0.2, -0.15) is 5.10 Å². The number of aryl methyl sites for hydroxylation is 1. The second kappa shape index (κ2) is 6.02. The van der Waals surface area contributed by atoms with Crippen LogP contribution in [0.15, 0.2) is 30.6 Å². The van der Waals surface area contributed by atoms with Crippen LogP contribution in [0.1, 0.15) is 42.3 Å². The van der Waals surface area contributed by atoms with Crippen LogP contribution in [0.2, 0.25) is 0 Å². The zero-order chi connectivity index (χ0) is 16.6. The molecule has 4 rings (SSSR count). The first-order chi connectivity index (χ1) is 11.7. The van der Waals surface area contributed by atoms with Crippen LogP contribution >= 0.6 is 0 Å². The number of aromatic nitrogens is 3. The Labute approximate surface area is 141 Å². The van der Waals surface area contributed by atoms with Crippen molar-refractivity contribution in [2.45, 2.75) is 37.7 Å². The number of amides is 1. The van der Waals surface area contributed by atoms with E-state index in [9.17, 15) is 4.79 Å². The molecule has 2 N–H and O–H groups in total. The summed E-state index contributed by atoms with van der Waals surface area (Å²) < 4.78 is 5.76. The van der Waals surface area contributed by atoms with Crippen molar-refractivity contribution in [3.05, 3.63) is 47.5 Å². The fourth-order valence-corrected chi connectivity index (χ4v) is 3.74. The number of hydrogen-bond acceptors (Lipinski definition) is 4. The second-order valence-electron chi connectivity index (χ2n) is 6.82. The Kier molecular flexibility index (Phi) is 3.84. The molecule has 2 heterocycles. The third-order valence-electron chi connectivity index (χ3n) is 5.29. The van der Waals surface area contributed by atoms with Gasteiger partial charge < -0.3 is 10.1 Å². The summed E-state index contributed by atoms with van der Waals surface area (Å²) in [5.41, 5.74) is 2.03.